The second-order valence-electron chi connectivity index (χ2n) is 4.62. The lowest BCUT2D eigenvalue weighted by molar-refractivity contribution is -0.384. The van der Waals surface area contributed by atoms with Gasteiger partial charge in [-0.3, -0.25) is 10.1 Å². The van der Waals surface area contributed by atoms with Gasteiger partial charge in [-0.15, -0.1) is 0 Å². The molecule has 0 amide bonds. The van der Waals surface area contributed by atoms with Gasteiger partial charge in [0.25, 0.3) is 5.69 Å². The maximum absolute atomic E-state index is 10.8. The van der Waals surface area contributed by atoms with Crippen molar-refractivity contribution in [3.8, 4) is 5.75 Å². The molecule has 1 aromatic rings. The van der Waals surface area contributed by atoms with Crippen LogP contribution in [0.25, 0.3) is 0 Å². The van der Waals surface area contributed by atoms with Gasteiger partial charge >= 0.3 is 0 Å². The number of hydrogen-bond acceptors (Lipinski definition) is 5. The topological polar surface area (TPSA) is 73.6 Å². The third-order valence-electron chi connectivity index (χ3n) is 3.24. The Kier molecular flexibility index (Phi) is 4.57. The summed E-state index contributed by atoms with van der Waals surface area (Å²) in [5.41, 5.74) is 0.746. The minimum Gasteiger partial charge on any atom is -0.496 e. The van der Waals surface area contributed by atoms with E-state index in [-0.39, 0.29) is 5.69 Å². The number of anilines is 1. The molecule has 19 heavy (non-hydrogen) atoms. The quantitative estimate of drug-likeness (QED) is 0.632. The van der Waals surface area contributed by atoms with Crippen molar-refractivity contribution in [2.75, 3.05) is 32.2 Å². The first kappa shape index (κ1) is 13.6. The lowest BCUT2D eigenvalue weighted by Gasteiger charge is -2.10. The zero-order valence-corrected chi connectivity index (χ0v) is 10.9. The summed E-state index contributed by atoms with van der Waals surface area (Å²) < 4.78 is 10.4. The van der Waals surface area contributed by atoms with Gasteiger partial charge in [0.05, 0.1) is 18.1 Å². The summed E-state index contributed by atoms with van der Waals surface area (Å²) in [6.45, 7) is 2.44. The van der Waals surface area contributed by atoms with Crippen LogP contribution in [0.2, 0.25) is 0 Å². The van der Waals surface area contributed by atoms with Gasteiger partial charge < -0.3 is 14.8 Å². The maximum atomic E-state index is 10.8. The third kappa shape index (κ3) is 3.82. The summed E-state index contributed by atoms with van der Waals surface area (Å²) in [4.78, 5) is 10.4. The van der Waals surface area contributed by atoms with Crippen LogP contribution in [0.4, 0.5) is 11.4 Å². The molecule has 1 heterocycles. The third-order valence-corrected chi connectivity index (χ3v) is 3.24. The number of non-ortho nitro benzene ring substituents is 1. The zero-order valence-electron chi connectivity index (χ0n) is 10.9. The molecule has 104 valence electrons. The molecule has 0 aliphatic carbocycles. The van der Waals surface area contributed by atoms with Crippen LogP contribution in [0.3, 0.4) is 0 Å². The van der Waals surface area contributed by atoms with Crippen LogP contribution < -0.4 is 10.1 Å². The van der Waals surface area contributed by atoms with E-state index in [9.17, 15) is 10.1 Å². The number of methoxy groups -OCH3 is 1. The van der Waals surface area contributed by atoms with Crippen LogP contribution >= 0.6 is 0 Å². The van der Waals surface area contributed by atoms with Crippen molar-refractivity contribution < 1.29 is 14.4 Å². The molecule has 1 aromatic carbocycles. The molecule has 1 aliphatic rings. The highest BCUT2D eigenvalue weighted by atomic mass is 16.6. The van der Waals surface area contributed by atoms with Gasteiger partial charge in [-0.25, -0.2) is 0 Å². The number of ether oxygens (including phenoxy) is 2. The van der Waals surface area contributed by atoms with Gasteiger partial charge in [0, 0.05) is 37.6 Å². The fraction of sp³-hybridized carbons (Fsp3) is 0.538. The number of nitro benzene ring substituents is 1. The monoisotopic (exact) mass is 266 g/mol. The van der Waals surface area contributed by atoms with Crippen LogP contribution in [-0.2, 0) is 4.74 Å². The summed E-state index contributed by atoms with van der Waals surface area (Å²) in [7, 11) is 1.50. The van der Waals surface area contributed by atoms with Crippen molar-refractivity contribution >= 4 is 11.4 Å². The smallest absolute Gasteiger partial charge is 0.275 e. The Labute approximate surface area is 111 Å². The average Bonchev–Trinajstić information content (AvgIpc) is 2.91. The summed E-state index contributed by atoms with van der Waals surface area (Å²) in [5.74, 6) is 1.08. The van der Waals surface area contributed by atoms with Gasteiger partial charge in [-0.1, -0.05) is 0 Å². The van der Waals surface area contributed by atoms with Crippen molar-refractivity contribution in [1.82, 2.24) is 0 Å². The Balaban J connectivity index is 1.94. The van der Waals surface area contributed by atoms with E-state index in [1.807, 2.05) is 0 Å². The van der Waals surface area contributed by atoms with E-state index in [0.717, 1.165) is 32.6 Å². The molecular weight excluding hydrogens is 248 g/mol. The maximum Gasteiger partial charge on any atom is 0.275 e. The van der Waals surface area contributed by atoms with E-state index in [1.54, 1.807) is 6.07 Å². The zero-order chi connectivity index (χ0) is 13.7. The Bertz CT molecular complexity index is 444. The summed E-state index contributed by atoms with van der Waals surface area (Å²) in [6, 6.07) is 4.70. The van der Waals surface area contributed by atoms with E-state index in [1.165, 1.54) is 19.2 Å². The van der Waals surface area contributed by atoms with Gasteiger partial charge in [0.1, 0.15) is 5.75 Å². The average molecular weight is 266 g/mol. The molecule has 1 unspecified atom stereocenters. The molecule has 0 spiro atoms. The van der Waals surface area contributed by atoms with Crippen molar-refractivity contribution in [3.05, 3.63) is 28.3 Å². The van der Waals surface area contributed by atoms with Crippen LogP contribution in [-0.4, -0.2) is 31.8 Å². The van der Waals surface area contributed by atoms with Crippen LogP contribution in [0.1, 0.15) is 12.8 Å². The summed E-state index contributed by atoms with van der Waals surface area (Å²) in [6.07, 6.45) is 2.10. The number of hydrogen-bond donors (Lipinski definition) is 1. The number of nitro groups is 1. The van der Waals surface area contributed by atoms with Crippen LogP contribution in [0.5, 0.6) is 5.75 Å². The van der Waals surface area contributed by atoms with Crippen molar-refractivity contribution in [3.63, 3.8) is 0 Å². The van der Waals surface area contributed by atoms with Gasteiger partial charge in [-0.2, -0.15) is 0 Å². The second-order valence-corrected chi connectivity index (χ2v) is 4.62. The molecule has 1 fully saturated rings. The Morgan fingerprint density at radius 1 is 1.53 bits per heavy atom. The molecule has 2 rings (SSSR count). The van der Waals surface area contributed by atoms with Gasteiger partial charge in [0.15, 0.2) is 0 Å². The molecule has 1 saturated heterocycles. The first-order chi connectivity index (χ1) is 9.19. The Hall–Kier alpha value is -1.82. The molecule has 1 N–H and O–H groups in total. The number of nitrogens with zero attached hydrogens (tertiary/aromatic N) is 1. The summed E-state index contributed by atoms with van der Waals surface area (Å²) >= 11 is 0. The number of rotatable bonds is 6. The minimum absolute atomic E-state index is 0.0334. The molecule has 0 saturated carbocycles. The largest absolute Gasteiger partial charge is 0.496 e. The highest BCUT2D eigenvalue weighted by molar-refractivity contribution is 5.56. The lowest BCUT2D eigenvalue weighted by atomic mass is 10.1. The van der Waals surface area contributed by atoms with Crippen LogP contribution in [0, 0.1) is 16.0 Å². The van der Waals surface area contributed by atoms with Crippen molar-refractivity contribution in [2.45, 2.75) is 12.8 Å². The van der Waals surface area contributed by atoms with E-state index < -0.39 is 4.92 Å². The van der Waals surface area contributed by atoms with E-state index in [0.29, 0.717) is 17.4 Å². The highest BCUT2D eigenvalue weighted by Crippen LogP contribution is 2.26. The molecule has 6 heteroatoms. The first-order valence-corrected chi connectivity index (χ1v) is 6.34. The minimum atomic E-state index is -0.418. The lowest BCUT2D eigenvalue weighted by Crippen LogP contribution is -2.09. The fourth-order valence-corrected chi connectivity index (χ4v) is 2.14. The normalized spacial score (nSPS) is 18.3. The SMILES string of the molecule is COc1cc(NCCC2CCOC2)cc([N+](=O)[O-])c1. The first-order valence-electron chi connectivity index (χ1n) is 6.34. The van der Waals surface area contributed by atoms with Crippen LogP contribution in [0.15, 0.2) is 18.2 Å². The summed E-state index contributed by atoms with van der Waals surface area (Å²) in [5, 5.41) is 14.0. The highest BCUT2D eigenvalue weighted by Gasteiger charge is 2.15. The Morgan fingerprint density at radius 2 is 2.37 bits per heavy atom. The molecule has 1 atom stereocenters. The predicted octanol–water partition coefficient (Wildman–Crippen LogP) is 2.44. The molecule has 6 nitrogen and oxygen atoms in total. The molecular formula is C13H18N2O4. The van der Waals surface area contributed by atoms with Crippen molar-refractivity contribution in [1.29, 1.82) is 0 Å². The Morgan fingerprint density at radius 3 is 3.00 bits per heavy atom. The molecule has 0 bridgehead atoms. The molecule has 0 aromatic heterocycles. The van der Waals surface area contributed by atoms with Gasteiger partial charge in [0.2, 0.25) is 0 Å². The van der Waals surface area contributed by atoms with Crippen molar-refractivity contribution in [2.24, 2.45) is 5.92 Å². The van der Waals surface area contributed by atoms with E-state index in [4.69, 9.17) is 9.47 Å². The molecule has 1 aliphatic heterocycles. The van der Waals surface area contributed by atoms with Gasteiger partial charge in [-0.05, 0) is 18.8 Å². The fourth-order valence-electron chi connectivity index (χ4n) is 2.14. The second kappa shape index (κ2) is 6.38. The number of benzene rings is 1. The predicted molar refractivity (Wildman–Crippen MR) is 71.7 cm³/mol. The van der Waals surface area contributed by atoms with E-state index >= 15 is 0 Å². The number of nitrogens with one attached hydrogen (secondary N) is 1. The molecule has 0 radical (unpaired) electrons. The van der Waals surface area contributed by atoms with E-state index in [2.05, 4.69) is 5.32 Å². The standard InChI is InChI=1S/C13H18N2O4/c1-18-13-7-11(6-12(8-13)15(16)17)14-4-2-10-3-5-19-9-10/h6-8,10,14H,2-5,9H2,1H3.